The van der Waals surface area contributed by atoms with Crippen LogP contribution in [0.3, 0.4) is 0 Å². The van der Waals surface area contributed by atoms with Gasteiger partial charge in [0.25, 0.3) is 5.91 Å². The van der Waals surface area contributed by atoms with E-state index in [9.17, 15) is 9.59 Å². The number of hydrogen-bond acceptors (Lipinski definition) is 6. The van der Waals surface area contributed by atoms with Crippen LogP contribution in [0.1, 0.15) is 59.8 Å². The Kier molecular flexibility index (Phi) is 6.28. The van der Waals surface area contributed by atoms with Gasteiger partial charge in [0, 0.05) is 43.3 Å². The minimum atomic E-state index is -0.348. The van der Waals surface area contributed by atoms with Crippen molar-refractivity contribution >= 4 is 11.7 Å². The lowest BCUT2D eigenvalue weighted by Gasteiger charge is -2.31. The third kappa shape index (κ3) is 4.97. The molecular weight excluding hydrogens is 382 g/mol. The molecule has 1 N–H and O–H groups in total. The van der Waals surface area contributed by atoms with Gasteiger partial charge in [0.15, 0.2) is 5.78 Å². The molecule has 0 unspecified atom stereocenters. The summed E-state index contributed by atoms with van der Waals surface area (Å²) in [5, 5.41) is 6.95. The van der Waals surface area contributed by atoms with Crippen LogP contribution in [0.2, 0.25) is 0 Å². The molecule has 7 nitrogen and oxygen atoms in total. The van der Waals surface area contributed by atoms with Gasteiger partial charge in [-0.15, -0.1) is 0 Å². The molecular formula is C23H27N3O4. The molecule has 1 atom stereocenters. The summed E-state index contributed by atoms with van der Waals surface area (Å²) >= 11 is 0. The lowest BCUT2D eigenvalue weighted by atomic mass is 9.94. The largest absolute Gasteiger partial charge is 0.497 e. The van der Waals surface area contributed by atoms with Crippen LogP contribution >= 0.6 is 0 Å². The molecule has 1 saturated heterocycles. The monoisotopic (exact) mass is 409 g/mol. The first-order valence-corrected chi connectivity index (χ1v) is 10.5. The van der Waals surface area contributed by atoms with E-state index in [0.29, 0.717) is 18.5 Å². The maximum absolute atomic E-state index is 12.5. The van der Waals surface area contributed by atoms with Gasteiger partial charge in [-0.25, -0.2) is 0 Å². The number of ketones is 1. The molecule has 30 heavy (non-hydrogen) atoms. The standard InChI is InChI=1S/C23H27N3O4/c1-29-20-9-2-5-16(11-20)14-26-10-4-6-17(15-26)21-13-22(30-25-21)23(28)24-18-7-3-8-19(27)12-18/h2,5,9,11-13,17H,3-4,6-8,10,14-15H2,1H3,(H,24,28)/t17-/m0/s1. The van der Waals surface area contributed by atoms with E-state index in [4.69, 9.17) is 9.26 Å². The van der Waals surface area contributed by atoms with Gasteiger partial charge >= 0.3 is 0 Å². The highest BCUT2D eigenvalue weighted by atomic mass is 16.5. The van der Waals surface area contributed by atoms with Gasteiger partial charge in [0.2, 0.25) is 5.76 Å². The third-order valence-electron chi connectivity index (χ3n) is 5.69. The first-order chi connectivity index (χ1) is 14.6. The van der Waals surface area contributed by atoms with Crippen LogP contribution in [0.15, 0.2) is 46.6 Å². The summed E-state index contributed by atoms with van der Waals surface area (Å²) in [5.41, 5.74) is 2.67. The van der Waals surface area contributed by atoms with Gasteiger partial charge in [-0.05, 0) is 49.9 Å². The minimum absolute atomic E-state index is 0.0492. The van der Waals surface area contributed by atoms with Crippen LogP contribution in [0, 0.1) is 0 Å². The van der Waals surface area contributed by atoms with Crippen LogP contribution in [-0.4, -0.2) is 41.9 Å². The van der Waals surface area contributed by atoms with E-state index in [1.54, 1.807) is 13.2 Å². The Balaban J connectivity index is 1.37. The number of amides is 1. The van der Waals surface area contributed by atoms with Gasteiger partial charge in [-0.2, -0.15) is 0 Å². The second-order valence-electron chi connectivity index (χ2n) is 7.99. The minimum Gasteiger partial charge on any atom is -0.497 e. The van der Waals surface area contributed by atoms with Crippen molar-refractivity contribution in [2.24, 2.45) is 0 Å². The van der Waals surface area contributed by atoms with Gasteiger partial charge in [-0.3, -0.25) is 14.5 Å². The Hall–Kier alpha value is -2.93. The molecule has 1 aliphatic carbocycles. The molecule has 1 aliphatic heterocycles. The topological polar surface area (TPSA) is 84.7 Å². The molecule has 1 aromatic carbocycles. The van der Waals surface area contributed by atoms with Crippen LogP contribution in [-0.2, 0) is 11.3 Å². The molecule has 1 aromatic heterocycles. The molecule has 0 bridgehead atoms. The number of methoxy groups -OCH3 is 1. The zero-order valence-corrected chi connectivity index (χ0v) is 17.2. The smallest absolute Gasteiger partial charge is 0.294 e. The second-order valence-corrected chi connectivity index (χ2v) is 7.99. The van der Waals surface area contributed by atoms with Crippen LogP contribution < -0.4 is 10.1 Å². The van der Waals surface area contributed by atoms with Crippen molar-refractivity contribution in [3.8, 4) is 5.75 Å². The first kappa shape index (κ1) is 20.3. The van der Waals surface area contributed by atoms with Crippen molar-refractivity contribution in [3.63, 3.8) is 0 Å². The van der Waals surface area contributed by atoms with Crippen molar-refractivity contribution in [3.05, 3.63) is 59.1 Å². The number of carbonyl (C=O) groups is 2. The molecule has 2 aliphatic rings. The number of piperidine rings is 1. The van der Waals surface area contributed by atoms with E-state index in [2.05, 4.69) is 27.5 Å². The number of allylic oxidation sites excluding steroid dienone is 2. The molecule has 1 fully saturated rings. The lowest BCUT2D eigenvalue weighted by Crippen LogP contribution is -2.34. The number of benzene rings is 1. The molecule has 0 radical (unpaired) electrons. The lowest BCUT2D eigenvalue weighted by molar-refractivity contribution is -0.115. The fourth-order valence-corrected chi connectivity index (χ4v) is 4.16. The Morgan fingerprint density at radius 2 is 2.20 bits per heavy atom. The predicted octanol–water partition coefficient (Wildman–Crippen LogP) is 3.43. The maximum Gasteiger partial charge on any atom is 0.294 e. The van der Waals surface area contributed by atoms with Gasteiger partial charge in [-0.1, -0.05) is 17.3 Å². The summed E-state index contributed by atoms with van der Waals surface area (Å²) in [6.45, 7) is 2.74. The second kappa shape index (κ2) is 9.26. The summed E-state index contributed by atoms with van der Waals surface area (Å²) in [7, 11) is 1.68. The molecule has 0 saturated carbocycles. The molecule has 7 heteroatoms. The summed E-state index contributed by atoms with van der Waals surface area (Å²) in [5.74, 6) is 0.980. The normalized spacial score (nSPS) is 20.0. The van der Waals surface area contributed by atoms with Gasteiger partial charge < -0.3 is 14.6 Å². The number of nitrogens with one attached hydrogen (secondary N) is 1. The van der Waals surface area contributed by atoms with Crippen molar-refractivity contribution in [2.75, 3.05) is 20.2 Å². The molecule has 0 spiro atoms. The van der Waals surface area contributed by atoms with E-state index in [1.165, 1.54) is 11.6 Å². The van der Waals surface area contributed by atoms with Crippen LogP contribution in [0.5, 0.6) is 5.75 Å². The summed E-state index contributed by atoms with van der Waals surface area (Å²) in [6, 6.07) is 9.86. The first-order valence-electron chi connectivity index (χ1n) is 10.5. The number of ether oxygens (including phenoxy) is 1. The van der Waals surface area contributed by atoms with Gasteiger partial charge in [0.05, 0.1) is 12.8 Å². The Labute approximate surface area is 176 Å². The van der Waals surface area contributed by atoms with Crippen LogP contribution in [0.25, 0.3) is 0 Å². The molecule has 158 valence electrons. The highest BCUT2D eigenvalue weighted by Gasteiger charge is 2.26. The SMILES string of the molecule is COc1cccc(CN2CCC[C@H](c3cc(C(=O)NC4=CC(=O)CCC4)on3)C2)c1. The number of likely N-dealkylation sites (tertiary alicyclic amines) is 1. The zero-order valence-electron chi connectivity index (χ0n) is 17.2. The third-order valence-corrected chi connectivity index (χ3v) is 5.69. The number of carbonyl (C=O) groups excluding carboxylic acids is 2. The molecule has 2 aromatic rings. The Bertz CT molecular complexity index is 949. The summed E-state index contributed by atoms with van der Waals surface area (Å²) < 4.78 is 10.6. The zero-order chi connectivity index (χ0) is 20.9. The summed E-state index contributed by atoms with van der Waals surface area (Å²) in [4.78, 5) is 26.4. The van der Waals surface area contributed by atoms with Crippen LogP contribution in [0.4, 0.5) is 0 Å². The number of rotatable bonds is 6. The van der Waals surface area contributed by atoms with E-state index in [-0.39, 0.29) is 23.4 Å². The number of hydrogen-bond donors (Lipinski definition) is 1. The summed E-state index contributed by atoms with van der Waals surface area (Å²) in [6.07, 6.45) is 5.59. The average Bonchev–Trinajstić information content (AvgIpc) is 3.25. The predicted molar refractivity (Wildman–Crippen MR) is 111 cm³/mol. The quantitative estimate of drug-likeness (QED) is 0.787. The van der Waals surface area contributed by atoms with Crippen molar-refractivity contribution in [2.45, 2.75) is 44.6 Å². The molecule has 2 heterocycles. The highest BCUT2D eigenvalue weighted by molar-refractivity contribution is 5.95. The fourth-order valence-electron chi connectivity index (χ4n) is 4.16. The van der Waals surface area contributed by atoms with E-state index in [0.717, 1.165) is 50.3 Å². The Morgan fingerprint density at radius 3 is 3.03 bits per heavy atom. The molecule has 1 amide bonds. The van der Waals surface area contributed by atoms with Crippen molar-refractivity contribution in [1.82, 2.24) is 15.4 Å². The van der Waals surface area contributed by atoms with E-state index >= 15 is 0 Å². The highest BCUT2D eigenvalue weighted by Crippen LogP contribution is 2.28. The molecule has 4 rings (SSSR count). The van der Waals surface area contributed by atoms with Crippen molar-refractivity contribution < 1.29 is 18.8 Å². The van der Waals surface area contributed by atoms with E-state index < -0.39 is 0 Å². The maximum atomic E-state index is 12.5. The number of nitrogens with zero attached hydrogens (tertiary/aromatic N) is 2. The van der Waals surface area contributed by atoms with E-state index in [1.807, 2.05) is 12.1 Å². The average molecular weight is 409 g/mol. The van der Waals surface area contributed by atoms with Crippen molar-refractivity contribution in [1.29, 1.82) is 0 Å². The van der Waals surface area contributed by atoms with Gasteiger partial charge in [0.1, 0.15) is 5.75 Å². The number of aromatic nitrogens is 1. The Morgan fingerprint density at radius 1 is 1.30 bits per heavy atom. The fraction of sp³-hybridized carbons (Fsp3) is 0.435.